The van der Waals surface area contributed by atoms with Crippen molar-refractivity contribution in [2.75, 3.05) is 9.80 Å². The van der Waals surface area contributed by atoms with Gasteiger partial charge >= 0.3 is 0 Å². The molecule has 12 rings (SSSR count). The second-order valence-electron chi connectivity index (χ2n) is 15.7. The molecule has 0 aliphatic carbocycles. The Balaban J connectivity index is 1.20. The third kappa shape index (κ3) is 3.89. The summed E-state index contributed by atoms with van der Waals surface area (Å²) in [4.78, 5) is 4.76. The van der Waals surface area contributed by atoms with Gasteiger partial charge in [0.1, 0.15) is 34.5 Å². The van der Waals surface area contributed by atoms with Crippen LogP contribution in [0.15, 0.2) is 140 Å². The van der Waals surface area contributed by atoms with E-state index in [1.807, 2.05) is 0 Å². The standard InChI is InChI=1S/C46H32B2N2O3/c1-46(2,3)27-23-35-45-41(24-27)53-40-26-39-30-25-31(40)48(45)44-34(50(35)29-15-8-5-9-16-29)19-12-21-37(44)51-36-20-10-17-32-42(36)47(30)43-33(18-11-22-38(43)52-39)49(32)28-13-6-4-7-14-28/h4-26H,1-3H3. The first-order chi connectivity index (χ1) is 25.9. The first-order valence-corrected chi connectivity index (χ1v) is 18.4. The molecule has 7 aromatic rings. The minimum atomic E-state index is -0.125. The quantitative estimate of drug-likeness (QED) is 0.173. The van der Waals surface area contributed by atoms with Gasteiger partial charge in [-0.3, -0.25) is 0 Å². The van der Waals surface area contributed by atoms with Gasteiger partial charge in [-0.1, -0.05) is 81.4 Å². The third-order valence-corrected chi connectivity index (χ3v) is 11.7. The zero-order chi connectivity index (χ0) is 35.2. The fourth-order valence-corrected chi connectivity index (χ4v) is 9.38. The molecule has 5 heterocycles. The Bertz CT molecular complexity index is 2730. The summed E-state index contributed by atoms with van der Waals surface area (Å²) in [5.74, 6) is 5.05. The lowest BCUT2D eigenvalue weighted by Crippen LogP contribution is -2.64. The summed E-state index contributed by atoms with van der Waals surface area (Å²) in [6.07, 6.45) is 0. The molecule has 0 aromatic heterocycles. The first kappa shape index (κ1) is 29.3. The molecule has 7 aromatic carbocycles. The van der Waals surface area contributed by atoms with Crippen LogP contribution < -0.4 is 56.8 Å². The maximum absolute atomic E-state index is 7.36. The Morgan fingerprint density at radius 3 is 1.32 bits per heavy atom. The average molecular weight is 682 g/mol. The summed E-state index contributed by atoms with van der Waals surface area (Å²) < 4.78 is 21.3. The molecule has 5 aliphatic heterocycles. The number of hydrogen-bond acceptors (Lipinski definition) is 5. The molecular formula is C46H32B2N2O3. The normalized spacial score (nSPS) is 14.6. The van der Waals surface area contributed by atoms with Crippen LogP contribution in [0, 0.1) is 0 Å². The second kappa shape index (κ2) is 10.2. The minimum Gasteiger partial charge on any atom is -0.458 e. The van der Waals surface area contributed by atoms with Crippen LogP contribution in [-0.4, -0.2) is 13.4 Å². The van der Waals surface area contributed by atoms with E-state index in [-0.39, 0.29) is 18.8 Å². The van der Waals surface area contributed by atoms with E-state index in [1.165, 1.54) is 5.56 Å². The van der Waals surface area contributed by atoms with Crippen molar-refractivity contribution < 1.29 is 14.2 Å². The predicted octanol–water partition coefficient (Wildman–Crippen LogP) is 7.90. The Labute approximate surface area is 309 Å². The van der Waals surface area contributed by atoms with Gasteiger partial charge < -0.3 is 24.0 Å². The molecule has 2 bridgehead atoms. The molecule has 0 spiro atoms. The Kier molecular flexibility index (Phi) is 5.62. The highest BCUT2D eigenvalue weighted by molar-refractivity contribution is 7.02. The number of hydrogen-bond donors (Lipinski definition) is 0. The lowest BCUT2D eigenvalue weighted by atomic mass is 9.30. The lowest BCUT2D eigenvalue weighted by molar-refractivity contribution is 0.463. The molecule has 0 saturated carbocycles. The van der Waals surface area contributed by atoms with E-state index in [4.69, 9.17) is 14.2 Å². The molecule has 0 amide bonds. The van der Waals surface area contributed by atoms with Gasteiger partial charge in [0, 0.05) is 40.2 Å². The molecule has 250 valence electrons. The summed E-state index contributed by atoms with van der Waals surface area (Å²) in [6, 6.07) is 49.8. The fraction of sp³-hybridized carbons (Fsp3) is 0.0870. The lowest BCUT2D eigenvalue weighted by Gasteiger charge is -2.44. The Hall–Kier alpha value is -6.33. The molecule has 5 nitrogen and oxygen atoms in total. The summed E-state index contributed by atoms with van der Waals surface area (Å²) in [5, 5.41) is 0. The van der Waals surface area contributed by atoms with Crippen molar-refractivity contribution in [3.8, 4) is 34.5 Å². The third-order valence-electron chi connectivity index (χ3n) is 11.7. The molecule has 0 radical (unpaired) electrons. The molecular weight excluding hydrogens is 650 g/mol. The van der Waals surface area contributed by atoms with Crippen LogP contribution >= 0.6 is 0 Å². The second-order valence-corrected chi connectivity index (χ2v) is 15.7. The van der Waals surface area contributed by atoms with Crippen LogP contribution in [0.25, 0.3) is 0 Å². The zero-order valence-electron chi connectivity index (χ0n) is 29.6. The monoisotopic (exact) mass is 682 g/mol. The van der Waals surface area contributed by atoms with Crippen LogP contribution in [0.3, 0.4) is 0 Å². The largest absolute Gasteiger partial charge is 0.458 e. The maximum atomic E-state index is 7.36. The van der Waals surface area contributed by atoms with E-state index < -0.39 is 0 Å². The Morgan fingerprint density at radius 2 is 0.830 bits per heavy atom. The van der Waals surface area contributed by atoms with Gasteiger partial charge in [0.2, 0.25) is 0 Å². The smallest absolute Gasteiger partial charge is 0.261 e. The van der Waals surface area contributed by atoms with Crippen LogP contribution in [0.1, 0.15) is 26.3 Å². The van der Waals surface area contributed by atoms with E-state index in [1.54, 1.807) is 0 Å². The van der Waals surface area contributed by atoms with Crippen LogP contribution in [0.5, 0.6) is 34.5 Å². The summed E-state index contributed by atoms with van der Waals surface area (Å²) in [7, 11) is 0. The van der Waals surface area contributed by atoms with Gasteiger partial charge in [-0.2, -0.15) is 0 Å². The summed E-state index contributed by atoms with van der Waals surface area (Å²) in [5.41, 5.74) is 14.5. The van der Waals surface area contributed by atoms with Gasteiger partial charge in [0.25, 0.3) is 13.4 Å². The molecule has 0 N–H and O–H groups in total. The molecule has 7 heteroatoms. The van der Waals surface area contributed by atoms with Gasteiger partial charge in [0.05, 0.1) is 0 Å². The van der Waals surface area contributed by atoms with Crippen LogP contribution in [0.2, 0.25) is 0 Å². The van der Waals surface area contributed by atoms with Gasteiger partial charge in [-0.15, -0.1) is 0 Å². The van der Waals surface area contributed by atoms with Crippen molar-refractivity contribution >= 4 is 80.3 Å². The van der Waals surface area contributed by atoms with Crippen molar-refractivity contribution in [2.24, 2.45) is 0 Å². The van der Waals surface area contributed by atoms with Crippen molar-refractivity contribution in [1.29, 1.82) is 0 Å². The van der Waals surface area contributed by atoms with Gasteiger partial charge in [-0.05, 0) is 117 Å². The fourth-order valence-electron chi connectivity index (χ4n) is 9.38. The number of nitrogens with zero attached hydrogens (tertiary/aromatic N) is 2. The highest BCUT2D eigenvalue weighted by atomic mass is 16.5. The van der Waals surface area contributed by atoms with E-state index >= 15 is 0 Å². The molecule has 0 atom stereocenters. The maximum Gasteiger partial charge on any atom is 0.261 e. The molecule has 53 heavy (non-hydrogen) atoms. The minimum absolute atomic E-state index is 0.102. The van der Waals surface area contributed by atoms with Crippen molar-refractivity contribution in [3.05, 3.63) is 145 Å². The van der Waals surface area contributed by atoms with E-state index in [0.717, 1.165) is 101 Å². The topological polar surface area (TPSA) is 34.2 Å². The average Bonchev–Trinajstić information content (AvgIpc) is 3.17. The highest BCUT2D eigenvalue weighted by Gasteiger charge is 2.49. The first-order valence-electron chi connectivity index (χ1n) is 18.4. The number of benzene rings is 7. The molecule has 5 aliphatic rings. The predicted molar refractivity (Wildman–Crippen MR) is 217 cm³/mol. The Morgan fingerprint density at radius 1 is 0.396 bits per heavy atom. The highest BCUT2D eigenvalue weighted by Crippen LogP contribution is 2.47. The summed E-state index contributed by atoms with van der Waals surface area (Å²) in [6.45, 7) is 6.56. The SMILES string of the molecule is CC(C)(C)c1cc2c3c(c1)N(c1ccccc1)c1cccc4c1B3c1cc3c(cc1O2)Oc1cccc2c1B3c1c(cccc1N2c1ccccc1)O4. The van der Waals surface area contributed by atoms with Gasteiger partial charge in [-0.25, -0.2) is 0 Å². The molecule has 0 unspecified atom stereocenters. The number of rotatable bonds is 2. The molecule has 0 saturated heterocycles. The zero-order valence-corrected chi connectivity index (χ0v) is 29.6. The van der Waals surface area contributed by atoms with Crippen molar-refractivity contribution in [2.45, 2.75) is 26.2 Å². The number of ether oxygens (including phenoxy) is 3. The van der Waals surface area contributed by atoms with E-state index in [2.05, 4.69) is 170 Å². The number of para-hydroxylation sites is 2. The number of anilines is 6. The summed E-state index contributed by atoms with van der Waals surface area (Å²) >= 11 is 0. The van der Waals surface area contributed by atoms with E-state index in [9.17, 15) is 0 Å². The van der Waals surface area contributed by atoms with Crippen molar-refractivity contribution in [1.82, 2.24) is 0 Å². The van der Waals surface area contributed by atoms with Crippen LogP contribution in [0.4, 0.5) is 34.1 Å². The van der Waals surface area contributed by atoms with E-state index in [0.29, 0.717) is 0 Å². The molecule has 0 fully saturated rings. The van der Waals surface area contributed by atoms with Crippen molar-refractivity contribution in [3.63, 3.8) is 0 Å². The van der Waals surface area contributed by atoms with Gasteiger partial charge in [0.15, 0.2) is 0 Å². The van der Waals surface area contributed by atoms with Crippen LogP contribution in [-0.2, 0) is 5.41 Å².